The van der Waals surface area contributed by atoms with Gasteiger partial charge >= 0.3 is 0 Å². The van der Waals surface area contributed by atoms with E-state index in [-0.39, 0.29) is 0 Å². The largest absolute Gasteiger partial charge is 0.382 e. The lowest BCUT2D eigenvalue weighted by Gasteiger charge is -2.04. The average molecular weight is 166 g/mol. The second-order valence-corrected chi connectivity index (χ2v) is 3.46. The van der Waals surface area contributed by atoms with Gasteiger partial charge in [-0.2, -0.15) is 0 Å². The van der Waals surface area contributed by atoms with Gasteiger partial charge < -0.3 is 5.73 Å². The average Bonchev–Trinajstić information content (AvgIpc) is 2.64. The van der Waals surface area contributed by atoms with Crippen LogP contribution in [-0.2, 0) is 7.05 Å². The van der Waals surface area contributed by atoms with Gasteiger partial charge in [0.15, 0.2) is 0 Å². The summed E-state index contributed by atoms with van der Waals surface area (Å²) in [7, 11) is 1.83. The molecule has 0 radical (unpaired) electrons. The van der Waals surface area contributed by atoms with Crippen LogP contribution in [0.1, 0.15) is 37.3 Å². The number of rotatable bonds is 1. The number of nitrogens with zero attached hydrogens (tertiary/aromatic N) is 3. The van der Waals surface area contributed by atoms with Crippen LogP contribution in [0.5, 0.6) is 0 Å². The fraction of sp³-hybridized carbons (Fsp3) is 0.750. The minimum absolute atomic E-state index is 0.568. The third-order valence-electron chi connectivity index (χ3n) is 2.64. The first-order valence-corrected chi connectivity index (χ1v) is 4.44. The van der Waals surface area contributed by atoms with Crippen LogP contribution in [0.15, 0.2) is 0 Å². The van der Waals surface area contributed by atoms with Gasteiger partial charge in [0, 0.05) is 13.0 Å². The third kappa shape index (κ3) is 1.07. The summed E-state index contributed by atoms with van der Waals surface area (Å²) in [5.41, 5.74) is 6.83. The van der Waals surface area contributed by atoms with Crippen molar-refractivity contribution in [2.75, 3.05) is 5.73 Å². The summed E-state index contributed by atoms with van der Waals surface area (Å²) in [6, 6.07) is 0. The fourth-order valence-corrected chi connectivity index (χ4v) is 1.87. The van der Waals surface area contributed by atoms with Crippen LogP contribution in [0.25, 0.3) is 0 Å². The number of hydrogen-bond donors (Lipinski definition) is 1. The first kappa shape index (κ1) is 7.58. The maximum Gasteiger partial charge on any atom is 0.145 e. The lowest BCUT2D eigenvalue weighted by molar-refractivity contribution is 0.684. The molecule has 2 N–H and O–H groups in total. The van der Waals surface area contributed by atoms with E-state index >= 15 is 0 Å². The van der Waals surface area contributed by atoms with Crippen molar-refractivity contribution in [3.8, 4) is 0 Å². The van der Waals surface area contributed by atoms with E-state index in [9.17, 15) is 0 Å². The summed E-state index contributed by atoms with van der Waals surface area (Å²) >= 11 is 0. The van der Waals surface area contributed by atoms with Crippen LogP contribution < -0.4 is 5.73 Å². The molecule has 0 aromatic carbocycles. The molecule has 0 unspecified atom stereocenters. The molecule has 66 valence electrons. The van der Waals surface area contributed by atoms with E-state index in [0.29, 0.717) is 5.92 Å². The van der Waals surface area contributed by atoms with Gasteiger partial charge in [0.05, 0.1) is 0 Å². The first-order valence-electron chi connectivity index (χ1n) is 4.44. The number of nitrogen functional groups attached to an aromatic ring is 1. The molecule has 1 heterocycles. The molecule has 1 fully saturated rings. The van der Waals surface area contributed by atoms with Crippen LogP contribution in [0.2, 0.25) is 0 Å². The van der Waals surface area contributed by atoms with Gasteiger partial charge in [-0.15, -0.1) is 5.10 Å². The Labute approximate surface area is 71.8 Å². The molecule has 0 atom stereocenters. The van der Waals surface area contributed by atoms with Crippen molar-refractivity contribution in [2.24, 2.45) is 7.05 Å². The Bertz CT molecular complexity index is 273. The summed E-state index contributed by atoms with van der Waals surface area (Å²) in [5, 5.41) is 7.99. The zero-order valence-electron chi connectivity index (χ0n) is 7.32. The maximum absolute atomic E-state index is 5.82. The molecule has 1 aliphatic carbocycles. The molecule has 0 bridgehead atoms. The predicted octanol–water partition coefficient (Wildman–Crippen LogP) is 1.05. The smallest absolute Gasteiger partial charge is 0.145 e. The topological polar surface area (TPSA) is 56.7 Å². The number of aromatic nitrogens is 3. The van der Waals surface area contributed by atoms with Gasteiger partial charge in [-0.05, 0) is 12.8 Å². The molecule has 12 heavy (non-hydrogen) atoms. The summed E-state index contributed by atoms with van der Waals surface area (Å²) < 4.78 is 1.65. The van der Waals surface area contributed by atoms with E-state index in [1.807, 2.05) is 7.05 Å². The molecule has 4 nitrogen and oxygen atoms in total. The lowest BCUT2D eigenvalue weighted by Crippen LogP contribution is -2.01. The van der Waals surface area contributed by atoms with Crippen molar-refractivity contribution >= 4 is 5.82 Å². The first-order chi connectivity index (χ1) is 5.79. The molecule has 1 aliphatic rings. The predicted molar refractivity (Wildman–Crippen MR) is 46.6 cm³/mol. The second kappa shape index (κ2) is 2.77. The number of anilines is 1. The number of aryl methyl sites for hydroxylation is 1. The highest BCUT2D eigenvalue weighted by molar-refractivity contribution is 5.36. The number of hydrogen-bond acceptors (Lipinski definition) is 3. The van der Waals surface area contributed by atoms with Gasteiger partial charge in [0.1, 0.15) is 11.5 Å². The summed E-state index contributed by atoms with van der Waals surface area (Å²) in [6.07, 6.45) is 5.06. The van der Waals surface area contributed by atoms with E-state index in [2.05, 4.69) is 10.3 Å². The molecule has 0 spiro atoms. The van der Waals surface area contributed by atoms with E-state index in [1.165, 1.54) is 25.7 Å². The number of nitrogens with two attached hydrogens (primary N) is 1. The van der Waals surface area contributed by atoms with Gasteiger partial charge in [-0.3, -0.25) is 0 Å². The molecular weight excluding hydrogens is 152 g/mol. The highest BCUT2D eigenvalue weighted by Gasteiger charge is 2.22. The Kier molecular flexibility index (Phi) is 1.75. The van der Waals surface area contributed by atoms with Crippen molar-refractivity contribution in [3.63, 3.8) is 0 Å². The van der Waals surface area contributed by atoms with Crippen LogP contribution in [0.4, 0.5) is 5.82 Å². The summed E-state index contributed by atoms with van der Waals surface area (Å²) in [6.45, 7) is 0. The van der Waals surface area contributed by atoms with Crippen LogP contribution in [0, 0.1) is 0 Å². The second-order valence-electron chi connectivity index (χ2n) is 3.46. The molecule has 0 amide bonds. The molecule has 0 saturated heterocycles. The van der Waals surface area contributed by atoms with Crippen molar-refractivity contribution < 1.29 is 0 Å². The Morgan fingerprint density at radius 1 is 1.42 bits per heavy atom. The Balaban J connectivity index is 2.26. The van der Waals surface area contributed by atoms with Crippen LogP contribution >= 0.6 is 0 Å². The maximum atomic E-state index is 5.82. The highest BCUT2D eigenvalue weighted by atomic mass is 15.4. The van der Waals surface area contributed by atoms with Crippen LogP contribution in [0.3, 0.4) is 0 Å². The summed E-state index contributed by atoms with van der Waals surface area (Å²) in [5.74, 6) is 1.31. The van der Waals surface area contributed by atoms with Crippen molar-refractivity contribution in [3.05, 3.63) is 5.69 Å². The molecule has 1 aromatic heterocycles. The van der Waals surface area contributed by atoms with Gasteiger partial charge in [0.25, 0.3) is 0 Å². The van der Waals surface area contributed by atoms with Crippen molar-refractivity contribution in [2.45, 2.75) is 31.6 Å². The molecular formula is C8H14N4. The fourth-order valence-electron chi connectivity index (χ4n) is 1.87. The SMILES string of the molecule is Cn1nnc(C2CCCC2)c1N. The quantitative estimate of drug-likeness (QED) is 0.678. The molecule has 4 heteroatoms. The molecule has 1 saturated carbocycles. The van der Waals surface area contributed by atoms with E-state index < -0.39 is 0 Å². The van der Waals surface area contributed by atoms with Gasteiger partial charge in [-0.25, -0.2) is 4.68 Å². The normalized spacial score (nSPS) is 18.8. The van der Waals surface area contributed by atoms with Crippen LogP contribution in [-0.4, -0.2) is 15.0 Å². The Morgan fingerprint density at radius 3 is 2.58 bits per heavy atom. The minimum atomic E-state index is 0.568. The molecule has 0 aliphatic heterocycles. The lowest BCUT2D eigenvalue weighted by atomic mass is 10.0. The minimum Gasteiger partial charge on any atom is -0.382 e. The molecule has 2 rings (SSSR count). The summed E-state index contributed by atoms with van der Waals surface area (Å²) in [4.78, 5) is 0. The van der Waals surface area contributed by atoms with Gasteiger partial charge in [0.2, 0.25) is 0 Å². The Morgan fingerprint density at radius 2 is 2.08 bits per heavy atom. The Hall–Kier alpha value is -1.06. The third-order valence-corrected chi connectivity index (χ3v) is 2.64. The van der Waals surface area contributed by atoms with Gasteiger partial charge in [-0.1, -0.05) is 18.1 Å². The van der Waals surface area contributed by atoms with Crippen molar-refractivity contribution in [1.29, 1.82) is 0 Å². The zero-order chi connectivity index (χ0) is 8.55. The monoisotopic (exact) mass is 166 g/mol. The van der Waals surface area contributed by atoms with E-state index in [0.717, 1.165) is 11.5 Å². The van der Waals surface area contributed by atoms with Crippen molar-refractivity contribution in [1.82, 2.24) is 15.0 Å². The zero-order valence-corrected chi connectivity index (χ0v) is 7.32. The standard InChI is InChI=1S/C8H14N4/c1-12-8(9)7(10-11-12)6-4-2-3-5-6/h6H,2-5,9H2,1H3. The molecule has 1 aromatic rings. The highest BCUT2D eigenvalue weighted by Crippen LogP contribution is 2.34. The van der Waals surface area contributed by atoms with E-state index in [1.54, 1.807) is 4.68 Å². The van der Waals surface area contributed by atoms with E-state index in [4.69, 9.17) is 5.73 Å².